The third-order valence-corrected chi connectivity index (χ3v) is 3.48. The van der Waals surface area contributed by atoms with E-state index in [0.29, 0.717) is 0 Å². The van der Waals surface area contributed by atoms with Crippen molar-refractivity contribution in [2.75, 3.05) is 13.2 Å². The van der Waals surface area contributed by atoms with E-state index in [4.69, 9.17) is 26.8 Å². The zero-order valence-electron chi connectivity index (χ0n) is 11.3. The molecule has 2 rings (SSSR count). The third-order valence-electron chi connectivity index (χ3n) is 3.16. The van der Waals surface area contributed by atoms with Crippen molar-refractivity contribution in [2.24, 2.45) is 0 Å². The van der Waals surface area contributed by atoms with Crippen molar-refractivity contribution >= 4 is 18.2 Å². The number of carbonyl (C=O) groups excluding carboxylic acids is 1. The van der Waals surface area contributed by atoms with Gasteiger partial charge in [0.05, 0.1) is 19.3 Å². The fourth-order valence-electron chi connectivity index (χ4n) is 2.10. The molecule has 0 aromatic carbocycles. The second-order valence-corrected chi connectivity index (χ2v) is 4.95. The Morgan fingerprint density at radius 2 is 2.38 bits per heavy atom. The van der Waals surface area contributed by atoms with Crippen molar-refractivity contribution < 1.29 is 24.5 Å². The molecule has 0 unspecified atom stereocenters. The Kier molecular flexibility index (Phi) is 4.88. The normalized spacial score (nSPS) is 25.0. The van der Waals surface area contributed by atoms with E-state index in [2.05, 4.69) is 4.98 Å². The minimum atomic E-state index is -0.888. The van der Waals surface area contributed by atoms with Crippen LogP contribution in [0.3, 0.4) is 0 Å². The maximum atomic E-state index is 11.9. The molecule has 1 saturated heterocycles. The molecule has 0 spiro atoms. The predicted molar refractivity (Wildman–Crippen MR) is 73.5 cm³/mol. The first-order valence-electron chi connectivity index (χ1n) is 6.44. The molecule has 1 fully saturated rings. The highest BCUT2D eigenvalue weighted by molar-refractivity contribution is 7.71. The number of aromatic nitrogens is 2. The van der Waals surface area contributed by atoms with E-state index in [0.717, 1.165) is 4.57 Å². The average molecular weight is 316 g/mol. The van der Waals surface area contributed by atoms with Crippen LogP contribution >= 0.6 is 12.2 Å². The quantitative estimate of drug-likeness (QED) is 0.517. The van der Waals surface area contributed by atoms with Gasteiger partial charge >= 0.3 is 11.7 Å². The van der Waals surface area contributed by atoms with Gasteiger partial charge in [0.25, 0.3) is 0 Å². The number of rotatable bonds is 4. The Morgan fingerprint density at radius 1 is 1.67 bits per heavy atom. The topological polar surface area (TPSA) is 114 Å². The lowest BCUT2D eigenvalue weighted by atomic mass is 10.2. The van der Waals surface area contributed by atoms with Crippen molar-refractivity contribution in [3.8, 4) is 0 Å². The SMILES string of the molecule is CCOC(=O)c1cn([C@H]2C[C@@H](O)[C@H](CO)O2)c(=O)[nH]c1=S. The predicted octanol–water partition coefficient (Wildman–Crippen LogP) is -0.277. The first-order valence-corrected chi connectivity index (χ1v) is 6.85. The minimum absolute atomic E-state index is 0.0213. The second-order valence-electron chi connectivity index (χ2n) is 4.54. The summed E-state index contributed by atoms with van der Waals surface area (Å²) in [6, 6.07) is 0. The van der Waals surface area contributed by atoms with E-state index in [1.54, 1.807) is 6.92 Å². The van der Waals surface area contributed by atoms with Crippen molar-refractivity contribution in [3.05, 3.63) is 26.9 Å². The molecule has 1 aromatic heterocycles. The van der Waals surface area contributed by atoms with E-state index < -0.39 is 30.1 Å². The lowest BCUT2D eigenvalue weighted by Gasteiger charge is -2.15. The van der Waals surface area contributed by atoms with Gasteiger partial charge < -0.3 is 19.7 Å². The van der Waals surface area contributed by atoms with Crippen molar-refractivity contribution in [3.63, 3.8) is 0 Å². The molecular formula is C12H16N2O6S. The molecule has 2 heterocycles. The van der Waals surface area contributed by atoms with E-state index >= 15 is 0 Å². The summed E-state index contributed by atoms with van der Waals surface area (Å²) in [5.41, 5.74) is -0.527. The number of nitrogens with zero attached hydrogens (tertiary/aromatic N) is 1. The number of carbonyl (C=O) groups is 1. The Hall–Kier alpha value is -1.55. The highest BCUT2D eigenvalue weighted by atomic mass is 32.1. The molecular weight excluding hydrogens is 300 g/mol. The van der Waals surface area contributed by atoms with Crippen molar-refractivity contribution in [1.82, 2.24) is 9.55 Å². The minimum Gasteiger partial charge on any atom is -0.462 e. The van der Waals surface area contributed by atoms with E-state index in [1.807, 2.05) is 0 Å². The Morgan fingerprint density at radius 3 is 2.95 bits per heavy atom. The van der Waals surface area contributed by atoms with Crippen molar-refractivity contribution in [1.29, 1.82) is 0 Å². The van der Waals surface area contributed by atoms with Gasteiger partial charge in [-0.2, -0.15) is 0 Å². The molecule has 8 nitrogen and oxygen atoms in total. The molecule has 0 bridgehead atoms. The Bertz CT molecular complexity index is 639. The van der Waals surface area contributed by atoms with Gasteiger partial charge in [-0.25, -0.2) is 9.59 Å². The van der Waals surface area contributed by atoms with Crippen LogP contribution in [0.1, 0.15) is 29.9 Å². The van der Waals surface area contributed by atoms with Crippen LogP contribution in [-0.2, 0) is 9.47 Å². The summed E-state index contributed by atoms with van der Waals surface area (Å²) in [5, 5.41) is 18.8. The second kappa shape index (κ2) is 6.48. The maximum absolute atomic E-state index is 11.9. The number of ether oxygens (including phenoxy) is 2. The fourth-order valence-corrected chi connectivity index (χ4v) is 2.33. The molecule has 3 N–H and O–H groups in total. The number of esters is 1. The fraction of sp³-hybridized carbons (Fsp3) is 0.583. The van der Waals surface area contributed by atoms with Gasteiger partial charge in [0.2, 0.25) is 0 Å². The molecule has 3 atom stereocenters. The van der Waals surface area contributed by atoms with Crippen LogP contribution in [0.2, 0.25) is 0 Å². The van der Waals surface area contributed by atoms with Crippen LogP contribution in [0.4, 0.5) is 0 Å². The van der Waals surface area contributed by atoms with Crippen LogP contribution in [0, 0.1) is 4.64 Å². The summed E-state index contributed by atoms with van der Waals surface area (Å²) < 4.78 is 11.3. The molecule has 1 aromatic rings. The summed E-state index contributed by atoms with van der Waals surface area (Å²) in [4.78, 5) is 26.1. The number of hydrogen-bond donors (Lipinski definition) is 3. The van der Waals surface area contributed by atoms with Crippen molar-refractivity contribution in [2.45, 2.75) is 31.8 Å². The van der Waals surface area contributed by atoms with Gasteiger partial charge in [-0.15, -0.1) is 0 Å². The molecule has 0 amide bonds. The van der Waals surface area contributed by atoms with Gasteiger partial charge in [0.15, 0.2) is 0 Å². The zero-order valence-corrected chi connectivity index (χ0v) is 12.1. The Labute approximate surface area is 124 Å². The molecule has 0 aliphatic carbocycles. The summed E-state index contributed by atoms with van der Waals surface area (Å²) in [6.07, 6.45) is -1.07. The largest absolute Gasteiger partial charge is 0.462 e. The summed E-state index contributed by atoms with van der Waals surface area (Å²) >= 11 is 4.93. The molecule has 0 radical (unpaired) electrons. The summed E-state index contributed by atoms with van der Waals surface area (Å²) in [7, 11) is 0. The average Bonchev–Trinajstić information content (AvgIpc) is 2.80. The molecule has 1 aliphatic rings. The first kappa shape index (κ1) is 15.8. The van der Waals surface area contributed by atoms with Crippen LogP contribution in [-0.4, -0.2) is 51.2 Å². The smallest absolute Gasteiger partial charge is 0.342 e. The molecule has 0 saturated carbocycles. The van der Waals surface area contributed by atoms with Gasteiger partial charge in [-0.05, 0) is 6.92 Å². The van der Waals surface area contributed by atoms with E-state index in [1.165, 1.54) is 6.20 Å². The zero-order chi connectivity index (χ0) is 15.6. The number of aromatic amines is 1. The standard InChI is InChI=1S/C12H16N2O6S/c1-2-19-11(17)6-4-14(12(18)13-10(6)21)9-3-7(16)8(5-15)20-9/h4,7-9,15-16H,2-3,5H2,1H3,(H,13,18,21)/t7-,8+,9-/m1/s1. The Balaban J connectivity index is 2.37. The van der Waals surface area contributed by atoms with Gasteiger partial charge in [-0.1, -0.05) is 12.2 Å². The highest BCUT2D eigenvalue weighted by Crippen LogP contribution is 2.27. The van der Waals surface area contributed by atoms with Crippen LogP contribution in [0.15, 0.2) is 11.0 Å². The number of aliphatic hydroxyl groups excluding tert-OH is 2. The monoisotopic (exact) mass is 316 g/mol. The summed E-state index contributed by atoms with van der Waals surface area (Å²) in [5.74, 6) is -0.648. The van der Waals surface area contributed by atoms with Crippen LogP contribution in [0.25, 0.3) is 0 Å². The van der Waals surface area contributed by atoms with Gasteiger partial charge in [0.1, 0.15) is 22.5 Å². The van der Waals surface area contributed by atoms with Crippen LogP contribution in [0.5, 0.6) is 0 Å². The number of H-pyrrole nitrogens is 1. The molecule has 1 aliphatic heterocycles. The molecule has 9 heteroatoms. The summed E-state index contributed by atoms with van der Waals surface area (Å²) in [6.45, 7) is 1.47. The van der Waals surface area contributed by atoms with Gasteiger partial charge in [-0.3, -0.25) is 9.55 Å². The lowest BCUT2D eigenvalue weighted by Crippen LogP contribution is -2.29. The molecule has 21 heavy (non-hydrogen) atoms. The number of nitrogens with one attached hydrogen (secondary N) is 1. The van der Waals surface area contributed by atoms with E-state index in [-0.39, 0.29) is 29.8 Å². The van der Waals surface area contributed by atoms with Gasteiger partial charge in [0, 0.05) is 12.6 Å². The lowest BCUT2D eigenvalue weighted by molar-refractivity contribution is -0.0459. The highest BCUT2D eigenvalue weighted by Gasteiger charge is 2.35. The van der Waals surface area contributed by atoms with Crippen LogP contribution < -0.4 is 5.69 Å². The number of hydrogen-bond acceptors (Lipinski definition) is 7. The van der Waals surface area contributed by atoms with E-state index in [9.17, 15) is 14.7 Å². The molecule has 116 valence electrons. The first-order chi connectivity index (χ1) is 9.97. The third kappa shape index (κ3) is 3.21. The maximum Gasteiger partial charge on any atom is 0.342 e. The number of aliphatic hydroxyl groups is 2.